The monoisotopic (exact) mass is 290 g/mol. The van der Waals surface area contributed by atoms with Crippen LogP contribution in [0, 0.1) is 11.6 Å². The maximum absolute atomic E-state index is 13.1. The molecule has 1 amide bonds. The van der Waals surface area contributed by atoms with Crippen LogP contribution in [0.5, 0.6) is 0 Å². The molecule has 0 atom stereocenters. The third kappa shape index (κ3) is 3.78. The Hall–Kier alpha value is -2.43. The molecule has 0 saturated heterocycles. The number of nitrogens with one attached hydrogen (secondary N) is 1. The van der Waals surface area contributed by atoms with Crippen molar-refractivity contribution in [3.05, 3.63) is 65.2 Å². The van der Waals surface area contributed by atoms with Crippen molar-refractivity contribution in [2.75, 3.05) is 19.4 Å². The molecule has 3 nitrogen and oxygen atoms in total. The molecule has 0 radical (unpaired) electrons. The number of carbonyl (C=O) groups is 1. The summed E-state index contributed by atoms with van der Waals surface area (Å²) in [5.41, 5.74) is 2.04. The molecule has 0 unspecified atom stereocenters. The molecular formula is C16H16F2N2O. The smallest absolute Gasteiger partial charge is 0.253 e. The van der Waals surface area contributed by atoms with E-state index >= 15 is 0 Å². The lowest BCUT2D eigenvalue weighted by Crippen LogP contribution is -2.21. The number of benzene rings is 2. The number of hydrogen-bond acceptors (Lipinski definition) is 2. The fourth-order valence-electron chi connectivity index (χ4n) is 1.84. The van der Waals surface area contributed by atoms with Crippen molar-refractivity contribution in [2.45, 2.75) is 6.54 Å². The summed E-state index contributed by atoms with van der Waals surface area (Å²) < 4.78 is 25.9. The van der Waals surface area contributed by atoms with Crippen LogP contribution in [0.25, 0.3) is 0 Å². The number of halogens is 2. The largest absolute Gasteiger partial charge is 0.381 e. The standard InChI is InChI=1S/C16H16F2N2O/c1-20(2)16(21)12-4-6-13(7-5-12)19-10-11-3-8-14(17)15(18)9-11/h3-9,19H,10H2,1-2H3. The summed E-state index contributed by atoms with van der Waals surface area (Å²) in [7, 11) is 3.38. The minimum Gasteiger partial charge on any atom is -0.381 e. The van der Waals surface area contributed by atoms with Gasteiger partial charge < -0.3 is 10.2 Å². The second-order valence-electron chi connectivity index (χ2n) is 4.88. The molecule has 2 rings (SSSR count). The number of hydrogen-bond donors (Lipinski definition) is 1. The normalized spacial score (nSPS) is 10.3. The molecule has 21 heavy (non-hydrogen) atoms. The third-order valence-corrected chi connectivity index (χ3v) is 3.02. The Kier molecular flexibility index (Phi) is 4.52. The van der Waals surface area contributed by atoms with E-state index in [9.17, 15) is 13.6 Å². The lowest BCUT2D eigenvalue weighted by molar-refractivity contribution is 0.0827. The number of nitrogens with zero attached hydrogens (tertiary/aromatic N) is 1. The summed E-state index contributed by atoms with van der Waals surface area (Å²) in [6.45, 7) is 0.373. The molecule has 0 bridgehead atoms. The van der Waals surface area contributed by atoms with Crippen LogP contribution in [0.4, 0.5) is 14.5 Å². The van der Waals surface area contributed by atoms with E-state index in [4.69, 9.17) is 0 Å². The summed E-state index contributed by atoms with van der Waals surface area (Å²) >= 11 is 0. The van der Waals surface area contributed by atoms with Crippen LogP contribution in [-0.2, 0) is 6.54 Å². The van der Waals surface area contributed by atoms with Gasteiger partial charge in [-0.25, -0.2) is 8.78 Å². The molecule has 2 aromatic carbocycles. The van der Waals surface area contributed by atoms with Crippen molar-refractivity contribution in [3.8, 4) is 0 Å². The third-order valence-electron chi connectivity index (χ3n) is 3.02. The van der Waals surface area contributed by atoms with Crippen molar-refractivity contribution in [1.82, 2.24) is 4.90 Å². The second-order valence-corrected chi connectivity index (χ2v) is 4.88. The number of rotatable bonds is 4. The molecular weight excluding hydrogens is 274 g/mol. The first kappa shape index (κ1) is 15.0. The van der Waals surface area contributed by atoms with E-state index in [-0.39, 0.29) is 5.91 Å². The molecule has 1 N–H and O–H groups in total. The zero-order chi connectivity index (χ0) is 15.4. The maximum atomic E-state index is 13.1. The number of amides is 1. The second kappa shape index (κ2) is 6.35. The quantitative estimate of drug-likeness (QED) is 0.937. The van der Waals surface area contributed by atoms with E-state index < -0.39 is 11.6 Å². The van der Waals surface area contributed by atoms with Gasteiger partial charge in [0.05, 0.1) is 0 Å². The molecule has 0 aliphatic heterocycles. The predicted molar refractivity (Wildman–Crippen MR) is 78.1 cm³/mol. The van der Waals surface area contributed by atoms with E-state index in [0.717, 1.165) is 17.8 Å². The fourth-order valence-corrected chi connectivity index (χ4v) is 1.84. The van der Waals surface area contributed by atoms with E-state index in [0.29, 0.717) is 17.7 Å². The van der Waals surface area contributed by atoms with Crippen molar-refractivity contribution in [1.29, 1.82) is 0 Å². The summed E-state index contributed by atoms with van der Waals surface area (Å²) in [6.07, 6.45) is 0. The lowest BCUT2D eigenvalue weighted by atomic mass is 10.1. The Bertz CT molecular complexity index is 639. The first-order valence-electron chi connectivity index (χ1n) is 6.47. The average molecular weight is 290 g/mol. The molecule has 0 saturated carbocycles. The average Bonchev–Trinajstić information content (AvgIpc) is 2.48. The minimum absolute atomic E-state index is 0.0674. The minimum atomic E-state index is -0.860. The van der Waals surface area contributed by atoms with Gasteiger partial charge in [0, 0.05) is 31.9 Å². The van der Waals surface area contributed by atoms with Gasteiger partial charge in [-0.3, -0.25) is 4.79 Å². The number of anilines is 1. The van der Waals surface area contributed by atoms with Gasteiger partial charge in [-0.15, -0.1) is 0 Å². The molecule has 0 aliphatic carbocycles. The van der Waals surface area contributed by atoms with E-state index in [1.54, 1.807) is 38.4 Å². The molecule has 5 heteroatoms. The highest BCUT2D eigenvalue weighted by Gasteiger charge is 2.07. The van der Waals surface area contributed by atoms with Gasteiger partial charge in [0.1, 0.15) is 0 Å². The predicted octanol–water partition coefficient (Wildman–Crippen LogP) is 3.28. The van der Waals surface area contributed by atoms with Gasteiger partial charge in [-0.1, -0.05) is 6.07 Å². The van der Waals surface area contributed by atoms with Crippen LogP contribution < -0.4 is 5.32 Å². The Balaban J connectivity index is 2.00. The molecule has 0 aliphatic rings. The van der Waals surface area contributed by atoms with Crippen LogP contribution in [0.3, 0.4) is 0 Å². The summed E-state index contributed by atoms with van der Waals surface area (Å²) in [5.74, 6) is -1.78. The topological polar surface area (TPSA) is 32.3 Å². The van der Waals surface area contributed by atoms with Gasteiger partial charge in [0.25, 0.3) is 5.91 Å². The number of carbonyl (C=O) groups excluding carboxylic acids is 1. The molecule has 0 fully saturated rings. The van der Waals surface area contributed by atoms with Gasteiger partial charge in [0.2, 0.25) is 0 Å². The van der Waals surface area contributed by atoms with Crippen LogP contribution >= 0.6 is 0 Å². The van der Waals surface area contributed by atoms with Crippen LogP contribution in [0.15, 0.2) is 42.5 Å². The first-order chi connectivity index (χ1) is 9.97. The first-order valence-corrected chi connectivity index (χ1v) is 6.47. The summed E-state index contributed by atoms with van der Waals surface area (Å²) in [4.78, 5) is 13.2. The van der Waals surface area contributed by atoms with Gasteiger partial charge in [-0.2, -0.15) is 0 Å². The molecule has 110 valence electrons. The van der Waals surface area contributed by atoms with Crippen molar-refractivity contribution in [2.24, 2.45) is 0 Å². The van der Waals surface area contributed by atoms with Crippen molar-refractivity contribution in [3.63, 3.8) is 0 Å². The fraction of sp³-hybridized carbons (Fsp3) is 0.188. The lowest BCUT2D eigenvalue weighted by Gasteiger charge is -2.11. The maximum Gasteiger partial charge on any atom is 0.253 e. The Morgan fingerprint density at radius 1 is 1.05 bits per heavy atom. The van der Waals surface area contributed by atoms with E-state index in [1.807, 2.05) is 0 Å². The van der Waals surface area contributed by atoms with Gasteiger partial charge in [0.15, 0.2) is 11.6 Å². The van der Waals surface area contributed by atoms with Gasteiger partial charge >= 0.3 is 0 Å². The Morgan fingerprint density at radius 2 is 1.71 bits per heavy atom. The Labute approximate surface area is 122 Å². The Morgan fingerprint density at radius 3 is 2.29 bits per heavy atom. The van der Waals surface area contributed by atoms with Crippen LogP contribution in [-0.4, -0.2) is 24.9 Å². The summed E-state index contributed by atoms with van der Waals surface area (Å²) in [5, 5.41) is 3.09. The molecule has 0 aromatic heterocycles. The molecule has 2 aromatic rings. The molecule has 0 spiro atoms. The van der Waals surface area contributed by atoms with Gasteiger partial charge in [-0.05, 0) is 42.0 Å². The van der Waals surface area contributed by atoms with Crippen molar-refractivity contribution < 1.29 is 13.6 Å². The van der Waals surface area contributed by atoms with E-state index in [2.05, 4.69) is 5.32 Å². The summed E-state index contributed by atoms with van der Waals surface area (Å²) in [6, 6.07) is 10.8. The highest BCUT2D eigenvalue weighted by atomic mass is 19.2. The zero-order valence-electron chi connectivity index (χ0n) is 11.9. The highest BCUT2D eigenvalue weighted by molar-refractivity contribution is 5.94. The van der Waals surface area contributed by atoms with Crippen LogP contribution in [0.2, 0.25) is 0 Å². The van der Waals surface area contributed by atoms with Crippen molar-refractivity contribution >= 4 is 11.6 Å². The van der Waals surface area contributed by atoms with Crippen LogP contribution in [0.1, 0.15) is 15.9 Å². The highest BCUT2D eigenvalue weighted by Crippen LogP contribution is 2.14. The molecule has 0 heterocycles. The van der Waals surface area contributed by atoms with E-state index in [1.165, 1.54) is 11.0 Å². The SMILES string of the molecule is CN(C)C(=O)c1ccc(NCc2ccc(F)c(F)c2)cc1. The zero-order valence-corrected chi connectivity index (χ0v) is 11.9.